The molecule has 0 saturated carbocycles. The fraction of sp³-hybridized carbons (Fsp3) is 0.364. The number of rotatable bonds is 5. The van der Waals surface area contributed by atoms with Gasteiger partial charge >= 0.3 is 11.7 Å². The Hall–Kier alpha value is -2.22. The van der Waals surface area contributed by atoms with Gasteiger partial charge in [0.05, 0.1) is 10.8 Å². The van der Waals surface area contributed by atoms with Crippen LogP contribution in [0.5, 0.6) is 0 Å². The molecule has 0 aliphatic carbocycles. The summed E-state index contributed by atoms with van der Waals surface area (Å²) in [6, 6.07) is 0.448. The van der Waals surface area contributed by atoms with E-state index < -0.39 is 39.6 Å². The van der Waals surface area contributed by atoms with Crippen molar-refractivity contribution in [2.24, 2.45) is 5.92 Å². The van der Waals surface area contributed by atoms with E-state index in [1.807, 2.05) is 0 Å². The Kier molecular flexibility index (Phi) is 4.98. The number of carboxylic acids is 1. The third-order valence-corrected chi connectivity index (χ3v) is 3.08. The second-order valence-electron chi connectivity index (χ2n) is 4.14. The smallest absolute Gasteiger partial charge is 0.319 e. The van der Waals surface area contributed by atoms with Crippen LogP contribution < -0.4 is 5.32 Å². The molecule has 0 bridgehead atoms. The summed E-state index contributed by atoms with van der Waals surface area (Å²) in [7, 11) is 0. The lowest BCUT2D eigenvalue weighted by Gasteiger charge is -2.17. The van der Waals surface area contributed by atoms with E-state index in [-0.39, 0.29) is 5.56 Å². The number of hydrogen-bond donors (Lipinski definition) is 2. The van der Waals surface area contributed by atoms with Gasteiger partial charge in [0.1, 0.15) is 5.56 Å². The molecule has 0 aliphatic heterocycles. The van der Waals surface area contributed by atoms with E-state index in [1.165, 1.54) is 13.8 Å². The lowest BCUT2D eigenvalue weighted by Crippen LogP contribution is -2.40. The van der Waals surface area contributed by atoms with Crippen LogP contribution >= 0.6 is 11.6 Å². The number of aromatic nitrogens is 1. The molecule has 20 heavy (non-hydrogen) atoms. The Labute approximate surface area is 118 Å². The number of nitro groups is 1. The van der Waals surface area contributed by atoms with E-state index in [2.05, 4.69) is 10.3 Å². The maximum Gasteiger partial charge on any atom is 0.319 e. The molecule has 0 aromatic carbocycles. The van der Waals surface area contributed by atoms with Gasteiger partial charge in [0.2, 0.25) is 5.15 Å². The molecule has 0 saturated heterocycles. The summed E-state index contributed by atoms with van der Waals surface area (Å²) in [6.45, 7) is 2.91. The third-order valence-electron chi connectivity index (χ3n) is 2.81. The zero-order valence-electron chi connectivity index (χ0n) is 10.7. The average molecular weight is 302 g/mol. The molecule has 2 unspecified atom stereocenters. The molecule has 0 aliphatic rings. The van der Waals surface area contributed by atoms with Crippen molar-refractivity contribution in [2.45, 2.75) is 19.9 Å². The van der Waals surface area contributed by atoms with E-state index in [1.54, 1.807) is 0 Å². The van der Waals surface area contributed by atoms with Gasteiger partial charge in [-0.3, -0.25) is 19.7 Å². The normalized spacial score (nSPS) is 13.3. The van der Waals surface area contributed by atoms with Crippen LogP contribution in [0.4, 0.5) is 5.69 Å². The van der Waals surface area contributed by atoms with E-state index in [0.29, 0.717) is 0 Å². The summed E-state index contributed by atoms with van der Waals surface area (Å²) in [4.78, 5) is 36.4. The van der Waals surface area contributed by atoms with Crippen molar-refractivity contribution >= 4 is 29.2 Å². The topological polar surface area (TPSA) is 122 Å². The van der Waals surface area contributed by atoms with Gasteiger partial charge in [-0.2, -0.15) is 0 Å². The summed E-state index contributed by atoms with van der Waals surface area (Å²) in [5.74, 6) is -2.70. The van der Waals surface area contributed by atoms with Crippen LogP contribution in [-0.4, -0.2) is 32.9 Å². The van der Waals surface area contributed by atoms with Crippen LogP contribution in [-0.2, 0) is 4.79 Å². The highest BCUT2D eigenvalue weighted by Crippen LogP contribution is 2.26. The highest BCUT2D eigenvalue weighted by molar-refractivity contribution is 6.32. The highest BCUT2D eigenvalue weighted by Gasteiger charge is 2.27. The molecule has 1 aromatic rings. The van der Waals surface area contributed by atoms with Gasteiger partial charge < -0.3 is 10.4 Å². The predicted molar refractivity (Wildman–Crippen MR) is 69.6 cm³/mol. The Morgan fingerprint density at radius 3 is 2.60 bits per heavy atom. The Morgan fingerprint density at radius 2 is 2.10 bits per heavy atom. The maximum absolute atomic E-state index is 12.0. The van der Waals surface area contributed by atoms with E-state index in [0.717, 1.165) is 12.3 Å². The molecule has 2 N–H and O–H groups in total. The minimum absolute atomic E-state index is 0.264. The van der Waals surface area contributed by atoms with Crippen molar-refractivity contribution in [1.29, 1.82) is 0 Å². The fourth-order valence-electron chi connectivity index (χ4n) is 1.41. The number of halogens is 1. The van der Waals surface area contributed by atoms with E-state index >= 15 is 0 Å². The largest absolute Gasteiger partial charge is 0.481 e. The number of pyridine rings is 1. The summed E-state index contributed by atoms with van der Waals surface area (Å²) >= 11 is 5.59. The van der Waals surface area contributed by atoms with Gasteiger partial charge in [-0.05, 0) is 19.9 Å². The van der Waals surface area contributed by atoms with Crippen molar-refractivity contribution in [2.75, 3.05) is 0 Å². The van der Waals surface area contributed by atoms with Crippen LogP contribution in [0.15, 0.2) is 12.3 Å². The minimum Gasteiger partial charge on any atom is -0.481 e. The van der Waals surface area contributed by atoms with Crippen molar-refractivity contribution in [3.05, 3.63) is 33.1 Å². The SMILES string of the molecule is CC(NC(=O)c1ccnc(Cl)c1[N+](=O)[O-])C(C)C(=O)O. The van der Waals surface area contributed by atoms with Gasteiger partial charge in [0.15, 0.2) is 0 Å². The molecule has 0 radical (unpaired) electrons. The van der Waals surface area contributed by atoms with Crippen molar-refractivity contribution in [1.82, 2.24) is 10.3 Å². The Balaban J connectivity index is 3.02. The van der Waals surface area contributed by atoms with Crippen LogP contribution in [0.25, 0.3) is 0 Å². The molecule has 1 rings (SSSR count). The molecule has 1 amide bonds. The second-order valence-corrected chi connectivity index (χ2v) is 4.50. The van der Waals surface area contributed by atoms with Crippen molar-refractivity contribution < 1.29 is 19.6 Å². The number of hydrogen-bond acceptors (Lipinski definition) is 5. The summed E-state index contributed by atoms with van der Waals surface area (Å²) in [5.41, 5.74) is -0.874. The van der Waals surface area contributed by atoms with Gasteiger partial charge in [-0.25, -0.2) is 4.98 Å². The van der Waals surface area contributed by atoms with Crippen LogP contribution in [0.1, 0.15) is 24.2 Å². The van der Waals surface area contributed by atoms with E-state index in [4.69, 9.17) is 16.7 Å². The van der Waals surface area contributed by atoms with Crippen LogP contribution in [0.3, 0.4) is 0 Å². The molecule has 1 aromatic heterocycles. The Bertz CT molecular complexity index is 563. The first-order chi connectivity index (χ1) is 9.25. The number of carboxylic acid groups (broad SMARTS) is 1. The van der Waals surface area contributed by atoms with Crippen LogP contribution in [0.2, 0.25) is 5.15 Å². The molecule has 0 fully saturated rings. The third kappa shape index (κ3) is 3.41. The van der Waals surface area contributed by atoms with Crippen molar-refractivity contribution in [3.8, 4) is 0 Å². The molecule has 2 atom stereocenters. The molecule has 9 heteroatoms. The zero-order valence-corrected chi connectivity index (χ0v) is 11.4. The van der Waals surface area contributed by atoms with Crippen LogP contribution in [0, 0.1) is 16.0 Å². The highest BCUT2D eigenvalue weighted by atomic mass is 35.5. The first kappa shape index (κ1) is 15.8. The van der Waals surface area contributed by atoms with E-state index in [9.17, 15) is 19.7 Å². The monoisotopic (exact) mass is 301 g/mol. The van der Waals surface area contributed by atoms with Crippen molar-refractivity contribution in [3.63, 3.8) is 0 Å². The molecule has 0 spiro atoms. The van der Waals surface area contributed by atoms with Gasteiger partial charge in [0.25, 0.3) is 5.91 Å². The molecule has 108 valence electrons. The minimum atomic E-state index is -1.08. The Morgan fingerprint density at radius 1 is 1.50 bits per heavy atom. The van der Waals surface area contributed by atoms with Gasteiger partial charge in [-0.15, -0.1) is 0 Å². The lowest BCUT2D eigenvalue weighted by atomic mass is 10.0. The van der Waals surface area contributed by atoms with Gasteiger partial charge in [-0.1, -0.05) is 11.6 Å². The molecule has 1 heterocycles. The quantitative estimate of drug-likeness (QED) is 0.482. The first-order valence-corrected chi connectivity index (χ1v) is 5.96. The molecular weight excluding hydrogens is 290 g/mol. The van der Waals surface area contributed by atoms with Gasteiger partial charge in [0, 0.05) is 12.2 Å². The number of nitrogens with one attached hydrogen (secondary N) is 1. The number of nitrogens with zero attached hydrogens (tertiary/aromatic N) is 2. The summed E-state index contributed by atoms with van der Waals surface area (Å²) < 4.78 is 0. The summed E-state index contributed by atoms with van der Waals surface area (Å²) in [5, 5.41) is 21.7. The first-order valence-electron chi connectivity index (χ1n) is 5.58. The maximum atomic E-state index is 12.0. The zero-order chi connectivity index (χ0) is 15.4. The standard InChI is InChI=1S/C11H12ClN3O5/c1-5(11(17)18)6(2)14-10(16)7-3-4-13-9(12)8(7)15(19)20/h3-6H,1-2H3,(H,14,16)(H,17,18). The molecule has 8 nitrogen and oxygen atoms in total. The number of carbonyl (C=O) groups excluding carboxylic acids is 1. The number of amides is 1. The fourth-order valence-corrected chi connectivity index (χ4v) is 1.64. The number of aliphatic carboxylic acids is 1. The number of carbonyl (C=O) groups is 2. The second kappa shape index (κ2) is 6.29. The predicted octanol–water partition coefficient (Wildman–Crippen LogP) is 1.48. The summed E-state index contributed by atoms with van der Waals surface area (Å²) in [6.07, 6.45) is 1.16. The average Bonchev–Trinajstić information content (AvgIpc) is 2.36. The molecular formula is C11H12ClN3O5. The lowest BCUT2D eigenvalue weighted by molar-refractivity contribution is -0.385.